The average Bonchev–Trinajstić information content (AvgIpc) is 2.32. The summed E-state index contributed by atoms with van der Waals surface area (Å²) < 4.78 is 23.4. The molecule has 1 heterocycles. The zero-order valence-corrected chi connectivity index (χ0v) is 12.3. The zero-order valence-electron chi connectivity index (χ0n) is 11.5. The molecule has 1 aliphatic heterocycles. The van der Waals surface area contributed by atoms with E-state index in [4.69, 9.17) is 5.73 Å². The van der Waals surface area contributed by atoms with Crippen molar-refractivity contribution in [1.82, 2.24) is 4.90 Å². The van der Waals surface area contributed by atoms with E-state index in [0.29, 0.717) is 18.0 Å². The molecule has 1 saturated heterocycles. The van der Waals surface area contributed by atoms with Crippen LogP contribution in [-0.4, -0.2) is 50.0 Å². The summed E-state index contributed by atoms with van der Waals surface area (Å²) in [5, 5.41) is -0.123. The van der Waals surface area contributed by atoms with Crippen LogP contribution >= 0.6 is 0 Å². The molecule has 5 heteroatoms. The van der Waals surface area contributed by atoms with Crippen LogP contribution in [0.25, 0.3) is 0 Å². The Kier molecular flexibility index (Phi) is 4.34. The first-order valence-electron chi connectivity index (χ1n) is 7.06. The van der Waals surface area contributed by atoms with Gasteiger partial charge >= 0.3 is 0 Å². The van der Waals surface area contributed by atoms with Crippen molar-refractivity contribution < 1.29 is 8.42 Å². The van der Waals surface area contributed by atoms with Gasteiger partial charge in [-0.15, -0.1) is 0 Å². The van der Waals surface area contributed by atoms with Gasteiger partial charge in [-0.05, 0) is 38.1 Å². The maximum absolute atomic E-state index is 11.7. The molecule has 0 amide bonds. The number of hydrogen-bond acceptors (Lipinski definition) is 4. The van der Waals surface area contributed by atoms with E-state index in [2.05, 4.69) is 11.8 Å². The molecule has 18 heavy (non-hydrogen) atoms. The molecule has 0 aromatic carbocycles. The number of sulfone groups is 1. The first kappa shape index (κ1) is 14.3. The molecule has 106 valence electrons. The number of rotatable bonds is 2. The van der Waals surface area contributed by atoms with Gasteiger partial charge in [0.2, 0.25) is 0 Å². The first-order valence-corrected chi connectivity index (χ1v) is 9.02. The van der Waals surface area contributed by atoms with Crippen molar-refractivity contribution >= 4 is 9.84 Å². The van der Waals surface area contributed by atoms with Gasteiger partial charge in [-0.25, -0.2) is 8.42 Å². The van der Waals surface area contributed by atoms with Gasteiger partial charge in [0.15, 0.2) is 0 Å². The monoisotopic (exact) mass is 274 g/mol. The summed E-state index contributed by atoms with van der Waals surface area (Å²) >= 11 is 0. The SMILES string of the molecule is CC1CN(C2CCCC(S(C)(=O)=O)C2)CCC1N. The third kappa shape index (κ3) is 3.25. The molecule has 1 aliphatic carbocycles. The highest BCUT2D eigenvalue weighted by Gasteiger charge is 2.34. The number of nitrogens with zero attached hydrogens (tertiary/aromatic N) is 1. The number of nitrogens with two attached hydrogens (primary N) is 1. The minimum Gasteiger partial charge on any atom is -0.327 e. The minimum atomic E-state index is -2.87. The summed E-state index contributed by atoms with van der Waals surface area (Å²) in [6.07, 6.45) is 6.28. The first-order chi connectivity index (χ1) is 8.38. The van der Waals surface area contributed by atoms with Crippen LogP contribution < -0.4 is 5.73 Å². The van der Waals surface area contributed by atoms with Crippen molar-refractivity contribution in [3.8, 4) is 0 Å². The van der Waals surface area contributed by atoms with E-state index >= 15 is 0 Å². The third-order valence-corrected chi connectivity index (χ3v) is 6.36. The lowest BCUT2D eigenvalue weighted by atomic mass is 9.88. The zero-order chi connectivity index (χ0) is 13.3. The fraction of sp³-hybridized carbons (Fsp3) is 1.00. The van der Waals surface area contributed by atoms with Crippen molar-refractivity contribution in [2.24, 2.45) is 11.7 Å². The quantitative estimate of drug-likeness (QED) is 0.816. The van der Waals surface area contributed by atoms with Crippen LogP contribution in [0.1, 0.15) is 39.0 Å². The van der Waals surface area contributed by atoms with Gasteiger partial charge < -0.3 is 5.73 Å². The smallest absolute Gasteiger partial charge is 0.150 e. The molecule has 2 aliphatic rings. The summed E-state index contributed by atoms with van der Waals surface area (Å²) in [6, 6.07) is 0.768. The summed E-state index contributed by atoms with van der Waals surface area (Å²) in [5.74, 6) is 0.525. The number of likely N-dealkylation sites (tertiary alicyclic amines) is 1. The molecule has 4 atom stereocenters. The Hall–Kier alpha value is -0.130. The molecule has 0 aromatic heterocycles. The lowest BCUT2D eigenvalue weighted by Gasteiger charge is -2.42. The van der Waals surface area contributed by atoms with E-state index in [1.165, 1.54) is 6.26 Å². The van der Waals surface area contributed by atoms with Crippen molar-refractivity contribution in [1.29, 1.82) is 0 Å². The highest BCUT2D eigenvalue weighted by atomic mass is 32.2. The van der Waals surface area contributed by atoms with Crippen molar-refractivity contribution in [3.05, 3.63) is 0 Å². The second kappa shape index (κ2) is 5.47. The van der Waals surface area contributed by atoms with Crippen LogP contribution in [0.15, 0.2) is 0 Å². The van der Waals surface area contributed by atoms with Gasteiger partial charge in [-0.1, -0.05) is 13.3 Å². The van der Waals surface area contributed by atoms with Gasteiger partial charge in [0, 0.05) is 24.9 Å². The molecule has 0 bridgehead atoms. The lowest BCUT2D eigenvalue weighted by Crippen LogP contribution is -2.51. The largest absolute Gasteiger partial charge is 0.327 e. The van der Waals surface area contributed by atoms with E-state index in [1.807, 2.05) is 0 Å². The molecule has 0 radical (unpaired) electrons. The Labute approximate surface area is 111 Å². The Morgan fingerprint density at radius 3 is 2.56 bits per heavy atom. The van der Waals surface area contributed by atoms with Crippen LogP contribution in [0.3, 0.4) is 0 Å². The van der Waals surface area contributed by atoms with Gasteiger partial charge in [-0.2, -0.15) is 0 Å². The molecule has 1 saturated carbocycles. The van der Waals surface area contributed by atoms with Crippen molar-refractivity contribution in [2.75, 3.05) is 19.3 Å². The standard InChI is InChI=1S/C13H26N2O2S/c1-10-9-15(7-6-13(10)14)11-4-3-5-12(8-11)18(2,16)17/h10-13H,3-9,14H2,1-2H3. The van der Waals surface area contributed by atoms with E-state index in [9.17, 15) is 8.42 Å². The Morgan fingerprint density at radius 2 is 1.94 bits per heavy atom. The predicted molar refractivity (Wildman–Crippen MR) is 74.2 cm³/mol. The molecule has 4 nitrogen and oxygen atoms in total. The van der Waals surface area contributed by atoms with Crippen LogP contribution in [-0.2, 0) is 9.84 Å². The topological polar surface area (TPSA) is 63.4 Å². The average molecular weight is 274 g/mol. The van der Waals surface area contributed by atoms with Crippen LogP contribution in [0.5, 0.6) is 0 Å². The molecule has 0 aromatic rings. The molecule has 2 fully saturated rings. The van der Waals surface area contributed by atoms with E-state index in [-0.39, 0.29) is 5.25 Å². The van der Waals surface area contributed by atoms with Gasteiger partial charge in [0.05, 0.1) is 5.25 Å². The summed E-state index contributed by atoms with van der Waals surface area (Å²) in [5.41, 5.74) is 6.04. The fourth-order valence-electron chi connectivity index (χ4n) is 3.37. The van der Waals surface area contributed by atoms with Gasteiger partial charge in [0.25, 0.3) is 0 Å². The third-order valence-electron chi connectivity index (χ3n) is 4.72. The highest BCUT2D eigenvalue weighted by Crippen LogP contribution is 2.29. The fourth-order valence-corrected chi connectivity index (χ4v) is 4.54. The summed E-state index contributed by atoms with van der Waals surface area (Å²) in [6.45, 7) is 4.27. The number of piperidine rings is 1. The van der Waals surface area contributed by atoms with Gasteiger partial charge in [0.1, 0.15) is 9.84 Å². The Morgan fingerprint density at radius 1 is 1.22 bits per heavy atom. The number of hydrogen-bond donors (Lipinski definition) is 1. The molecular weight excluding hydrogens is 248 g/mol. The summed E-state index contributed by atoms with van der Waals surface area (Å²) in [4.78, 5) is 2.48. The Balaban J connectivity index is 1.97. The molecular formula is C13H26N2O2S. The predicted octanol–water partition coefficient (Wildman–Crippen LogP) is 1.01. The molecule has 0 spiro atoms. The van der Waals surface area contributed by atoms with E-state index in [1.54, 1.807) is 0 Å². The normalized spacial score (nSPS) is 39.7. The molecule has 2 N–H and O–H groups in total. The van der Waals surface area contributed by atoms with Crippen LogP contribution in [0.4, 0.5) is 0 Å². The second-order valence-electron chi connectivity index (χ2n) is 6.20. The van der Waals surface area contributed by atoms with Crippen LogP contribution in [0.2, 0.25) is 0 Å². The highest BCUT2D eigenvalue weighted by molar-refractivity contribution is 7.91. The Bertz CT molecular complexity index is 382. The van der Waals surface area contributed by atoms with E-state index < -0.39 is 9.84 Å². The molecule has 2 rings (SSSR count). The second-order valence-corrected chi connectivity index (χ2v) is 8.52. The van der Waals surface area contributed by atoms with E-state index in [0.717, 1.165) is 45.2 Å². The van der Waals surface area contributed by atoms with Crippen LogP contribution in [0, 0.1) is 5.92 Å². The lowest BCUT2D eigenvalue weighted by molar-refractivity contribution is 0.0939. The summed E-state index contributed by atoms with van der Waals surface area (Å²) in [7, 11) is -2.87. The van der Waals surface area contributed by atoms with Gasteiger partial charge in [-0.3, -0.25) is 4.90 Å². The van der Waals surface area contributed by atoms with Crippen molar-refractivity contribution in [2.45, 2.75) is 56.4 Å². The maximum atomic E-state index is 11.7. The molecule has 4 unspecified atom stereocenters. The minimum absolute atomic E-state index is 0.123. The maximum Gasteiger partial charge on any atom is 0.150 e. The van der Waals surface area contributed by atoms with Crippen molar-refractivity contribution in [3.63, 3.8) is 0 Å².